The predicted octanol–water partition coefficient (Wildman–Crippen LogP) is 2.37. The van der Waals surface area contributed by atoms with Crippen molar-refractivity contribution in [2.45, 2.75) is 56.8 Å². The van der Waals surface area contributed by atoms with Crippen LogP contribution >= 0.6 is 11.3 Å². The molecule has 1 heterocycles. The van der Waals surface area contributed by atoms with Gasteiger partial charge >= 0.3 is 0 Å². The maximum atomic E-state index is 12.4. The Morgan fingerprint density at radius 1 is 1.53 bits per heavy atom. The molecule has 0 spiro atoms. The molecule has 0 saturated heterocycles. The van der Waals surface area contributed by atoms with Crippen LogP contribution in [0.5, 0.6) is 0 Å². The van der Waals surface area contributed by atoms with E-state index < -0.39 is 10.0 Å². The Bertz CT molecular complexity index is 561. The molecular weight excluding hydrogens is 280 g/mol. The molecule has 4 nitrogen and oxygen atoms in total. The molecule has 1 aromatic rings. The third-order valence-electron chi connectivity index (χ3n) is 4.00. The lowest BCUT2D eigenvalue weighted by Crippen LogP contribution is -2.41. The number of hydrogen-bond acceptors (Lipinski definition) is 4. The Labute approximate surface area is 119 Å². The fourth-order valence-corrected chi connectivity index (χ4v) is 5.54. The third-order valence-corrected chi connectivity index (χ3v) is 7.21. The van der Waals surface area contributed by atoms with Crippen LogP contribution in [-0.2, 0) is 16.6 Å². The molecule has 2 rings (SSSR count). The summed E-state index contributed by atoms with van der Waals surface area (Å²) in [6.45, 7) is 6.54. The minimum atomic E-state index is -3.41. The molecular formula is C13H22N2O2S2. The largest absolute Gasteiger partial charge is 0.326 e. The summed E-state index contributed by atoms with van der Waals surface area (Å²) in [5.41, 5.74) is 6.60. The van der Waals surface area contributed by atoms with Gasteiger partial charge in [-0.05, 0) is 36.8 Å². The van der Waals surface area contributed by atoms with Crippen LogP contribution in [0.1, 0.15) is 43.6 Å². The van der Waals surface area contributed by atoms with Crippen LogP contribution < -0.4 is 10.5 Å². The van der Waals surface area contributed by atoms with Crippen molar-refractivity contribution in [1.82, 2.24) is 4.72 Å². The molecule has 1 saturated carbocycles. The predicted molar refractivity (Wildman–Crippen MR) is 78.7 cm³/mol. The lowest BCUT2D eigenvalue weighted by atomic mass is 9.88. The van der Waals surface area contributed by atoms with Crippen molar-refractivity contribution in [2.75, 3.05) is 0 Å². The van der Waals surface area contributed by atoms with Crippen LogP contribution in [-0.4, -0.2) is 14.5 Å². The van der Waals surface area contributed by atoms with Gasteiger partial charge in [-0.3, -0.25) is 0 Å². The standard InChI is InChI=1S/C13H22N2O2S2/c1-9-7-12(18-10(9)8-14)19(16,17)15-11-5-4-6-13(11,2)3/h7,11,15H,4-6,8,14H2,1-3H3. The Hall–Kier alpha value is -0.430. The summed E-state index contributed by atoms with van der Waals surface area (Å²) in [7, 11) is -3.41. The Balaban J connectivity index is 2.23. The van der Waals surface area contributed by atoms with E-state index in [1.807, 2.05) is 6.92 Å². The SMILES string of the molecule is Cc1cc(S(=O)(=O)NC2CCCC2(C)C)sc1CN. The fraction of sp³-hybridized carbons (Fsp3) is 0.692. The summed E-state index contributed by atoms with van der Waals surface area (Å²) in [4.78, 5) is 0.936. The number of nitrogens with one attached hydrogen (secondary N) is 1. The highest BCUT2D eigenvalue weighted by atomic mass is 32.2. The highest BCUT2D eigenvalue weighted by Crippen LogP contribution is 2.38. The monoisotopic (exact) mass is 302 g/mol. The zero-order chi connectivity index (χ0) is 14.3. The zero-order valence-electron chi connectivity index (χ0n) is 11.7. The Morgan fingerprint density at radius 2 is 2.21 bits per heavy atom. The second-order valence-electron chi connectivity index (χ2n) is 5.93. The number of nitrogens with two attached hydrogens (primary N) is 1. The van der Waals surface area contributed by atoms with E-state index in [0.29, 0.717) is 10.8 Å². The summed E-state index contributed by atoms with van der Waals surface area (Å²) in [6.07, 6.45) is 3.07. The first-order valence-corrected chi connectivity index (χ1v) is 8.88. The smallest absolute Gasteiger partial charge is 0.250 e. The van der Waals surface area contributed by atoms with E-state index in [0.717, 1.165) is 29.7 Å². The van der Waals surface area contributed by atoms with Gasteiger partial charge in [0.15, 0.2) is 0 Å². The Morgan fingerprint density at radius 3 is 2.68 bits per heavy atom. The molecule has 0 aliphatic heterocycles. The van der Waals surface area contributed by atoms with Gasteiger partial charge in [-0.2, -0.15) is 0 Å². The fourth-order valence-electron chi connectivity index (χ4n) is 2.61. The number of aryl methyl sites for hydroxylation is 1. The summed E-state index contributed by atoms with van der Waals surface area (Å²) < 4.78 is 28.1. The number of hydrogen-bond donors (Lipinski definition) is 2. The molecule has 3 N–H and O–H groups in total. The van der Waals surface area contributed by atoms with Crippen molar-refractivity contribution in [3.63, 3.8) is 0 Å². The second-order valence-corrected chi connectivity index (χ2v) is 9.01. The third kappa shape index (κ3) is 3.02. The number of thiophene rings is 1. The van der Waals surface area contributed by atoms with Crippen molar-refractivity contribution >= 4 is 21.4 Å². The molecule has 1 aliphatic rings. The highest BCUT2D eigenvalue weighted by Gasteiger charge is 2.37. The molecule has 0 amide bonds. The van der Waals surface area contributed by atoms with Gasteiger partial charge in [-0.15, -0.1) is 11.3 Å². The first-order chi connectivity index (χ1) is 8.76. The minimum Gasteiger partial charge on any atom is -0.326 e. The lowest BCUT2D eigenvalue weighted by Gasteiger charge is -2.27. The average molecular weight is 302 g/mol. The van der Waals surface area contributed by atoms with Crippen molar-refractivity contribution in [1.29, 1.82) is 0 Å². The van der Waals surface area contributed by atoms with Crippen molar-refractivity contribution < 1.29 is 8.42 Å². The van der Waals surface area contributed by atoms with Gasteiger partial charge in [0.05, 0.1) is 0 Å². The van der Waals surface area contributed by atoms with Crippen LogP contribution in [0.25, 0.3) is 0 Å². The molecule has 19 heavy (non-hydrogen) atoms. The lowest BCUT2D eigenvalue weighted by molar-refractivity contribution is 0.313. The first-order valence-electron chi connectivity index (χ1n) is 6.58. The van der Waals surface area contributed by atoms with Crippen molar-refractivity contribution in [3.05, 3.63) is 16.5 Å². The van der Waals surface area contributed by atoms with Crippen LogP contribution in [0.4, 0.5) is 0 Å². The molecule has 0 radical (unpaired) electrons. The number of sulfonamides is 1. The van der Waals surface area contributed by atoms with Gasteiger partial charge in [0.25, 0.3) is 0 Å². The summed E-state index contributed by atoms with van der Waals surface area (Å²) in [6, 6.07) is 1.75. The molecule has 108 valence electrons. The maximum Gasteiger partial charge on any atom is 0.250 e. The molecule has 1 aromatic heterocycles. The average Bonchev–Trinajstić information content (AvgIpc) is 2.83. The highest BCUT2D eigenvalue weighted by molar-refractivity contribution is 7.91. The van der Waals surface area contributed by atoms with Gasteiger partial charge in [0.1, 0.15) is 4.21 Å². The molecule has 1 aliphatic carbocycles. The first kappa shape index (κ1) is 15.0. The number of rotatable bonds is 4. The maximum absolute atomic E-state index is 12.4. The van der Waals surface area contributed by atoms with Gasteiger partial charge in [0.2, 0.25) is 10.0 Å². The molecule has 1 fully saturated rings. The van der Waals surface area contributed by atoms with E-state index in [1.54, 1.807) is 6.07 Å². The van der Waals surface area contributed by atoms with E-state index in [1.165, 1.54) is 11.3 Å². The van der Waals surface area contributed by atoms with E-state index in [4.69, 9.17) is 5.73 Å². The van der Waals surface area contributed by atoms with Crippen LogP contribution in [0.15, 0.2) is 10.3 Å². The van der Waals surface area contributed by atoms with Gasteiger partial charge in [0, 0.05) is 17.5 Å². The van der Waals surface area contributed by atoms with Gasteiger partial charge in [-0.25, -0.2) is 13.1 Å². The van der Waals surface area contributed by atoms with Crippen LogP contribution in [0, 0.1) is 12.3 Å². The van der Waals surface area contributed by atoms with E-state index in [9.17, 15) is 8.42 Å². The van der Waals surface area contributed by atoms with Crippen molar-refractivity contribution in [3.8, 4) is 0 Å². The Kier molecular flexibility index (Phi) is 4.07. The molecule has 1 unspecified atom stereocenters. The summed E-state index contributed by atoms with van der Waals surface area (Å²) in [5, 5.41) is 0. The molecule has 0 bridgehead atoms. The zero-order valence-corrected chi connectivity index (χ0v) is 13.3. The molecule has 6 heteroatoms. The second kappa shape index (κ2) is 5.16. The van der Waals surface area contributed by atoms with Crippen LogP contribution in [0.3, 0.4) is 0 Å². The topological polar surface area (TPSA) is 72.2 Å². The normalized spacial score (nSPS) is 22.8. The van der Waals surface area contributed by atoms with E-state index in [-0.39, 0.29) is 11.5 Å². The van der Waals surface area contributed by atoms with Gasteiger partial charge in [-0.1, -0.05) is 20.3 Å². The van der Waals surface area contributed by atoms with Gasteiger partial charge < -0.3 is 5.73 Å². The van der Waals surface area contributed by atoms with Crippen LogP contribution in [0.2, 0.25) is 0 Å². The quantitative estimate of drug-likeness (QED) is 0.897. The van der Waals surface area contributed by atoms with E-state index >= 15 is 0 Å². The molecule has 0 aromatic carbocycles. The van der Waals surface area contributed by atoms with Crippen molar-refractivity contribution in [2.24, 2.45) is 11.1 Å². The minimum absolute atomic E-state index is 0.0289. The molecule has 1 atom stereocenters. The van der Waals surface area contributed by atoms with E-state index in [2.05, 4.69) is 18.6 Å². The summed E-state index contributed by atoms with van der Waals surface area (Å²) >= 11 is 1.27. The summed E-state index contributed by atoms with van der Waals surface area (Å²) in [5.74, 6) is 0.